The maximum atomic E-state index is 12.6. The Morgan fingerprint density at radius 3 is 2.83 bits per heavy atom. The quantitative estimate of drug-likeness (QED) is 0.422. The lowest BCUT2D eigenvalue weighted by atomic mass is 9.84. The first-order valence-electron chi connectivity index (χ1n) is 12.6. The number of amides is 1. The van der Waals surface area contributed by atoms with Gasteiger partial charge in [-0.2, -0.15) is 4.98 Å². The maximum absolute atomic E-state index is 12.6. The summed E-state index contributed by atoms with van der Waals surface area (Å²) < 4.78 is 5.28. The molecule has 1 saturated heterocycles. The predicted molar refractivity (Wildman–Crippen MR) is 135 cm³/mol. The van der Waals surface area contributed by atoms with Gasteiger partial charge in [0.15, 0.2) is 5.82 Å². The third-order valence-electron chi connectivity index (χ3n) is 7.24. The Labute approximate surface area is 209 Å². The zero-order valence-corrected chi connectivity index (χ0v) is 20.6. The van der Waals surface area contributed by atoms with Crippen molar-refractivity contribution in [2.45, 2.75) is 45.7 Å². The third kappa shape index (κ3) is 4.56. The van der Waals surface area contributed by atoms with E-state index < -0.39 is 0 Å². The number of hydrogen-bond acceptors (Lipinski definition) is 8. The van der Waals surface area contributed by atoms with Crippen LogP contribution in [0.2, 0.25) is 0 Å². The number of carbonyl (C=O) groups is 1. The fourth-order valence-corrected chi connectivity index (χ4v) is 4.96. The van der Waals surface area contributed by atoms with Crippen molar-refractivity contribution >= 4 is 28.7 Å². The molecule has 0 bridgehead atoms. The predicted octanol–water partition coefficient (Wildman–Crippen LogP) is 3.89. The molecule has 0 spiro atoms. The van der Waals surface area contributed by atoms with Crippen LogP contribution in [0.1, 0.15) is 37.6 Å². The van der Waals surface area contributed by atoms with Crippen molar-refractivity contribution in [3.8, 4) is 11.5 Å². The molecule has 4 heterocycles. The maximum Gasteiger partial charge on any atom is 0.257 e. The Hall–Kier alpha value is -3.79. The van der Waals surface area contributed by atoms with Gasteiger partial charge in [0.05, 0.1) is 11.0 Å². The van der Waals surface area contributed by atoms with E-state index in [4.69, 9.17) is 4.52 Å². The molecule has 1 aromatic carbocycles. The Morgan fingerprint density at radius 2 is 2.08 bits per heavy atom. The van der Waals surface area contributed by atoms with Crippen molar-refractivity contribution in [2.75, 3.05) is 25.0 Å². The number of pyridine rings is 1. The van der Waals surface area contributed by atoms with Gasteiger partial charge in [0.1, 0.15) is 5.82 Å². The van der Waals surface area contributed by atoms with Crippen molar-refractivity contribution in [2.24, 2.45) is 5.92 Å². The first-order valence-corrected chi connectivity index (χ1v) is 12.6. The SMILES string of the molecule is Cc1noc(-c2ccc3nc(Nc4cc(CN5CCN(C(=O)C6CCC6)C[C@H]5C)ccn4)[nH]c3c2)n1. The smallest absolute Gasteiger partial charge is 0.257 e. The lowest BCUT2D eigenvalue weighted by Crippen LogP contribution is -2.54. The van der Waals surface area contributed by atoms with E-state index in [9.17, 15) is 4.79 Å². The lowest BCUT2D eigenvalue weighted by Gasteiger charge is -2.42. The van der Waals surface area contributed by atoms with E-state index >= 15 is 0 Å². The van der Waals surface area contributed by atoms with Crippen LogP contribution in [-0.4, -0.2) is 66.5 Å². The summed E-state index contributed by atoms with van der Waals surface area (Å²) >= 11 is 0. The van der Waals surface area contributed by atoms with E-state index in [-0.39, 0.29) is 5.92 Å². The Balaban J connectivity index is 1.11. The standard InChI is InChI=1S/C26H30N8O2/c1-16-14-34(25(35)19-4-3-5-19)11-10-33(16)15-18-8-9-27-23(12-18)31-26-29-21-7-6-20(13-22(21)30-26)24-28-17(2)32-36-24/h6-9,12-13,16,19H,3-5,10-11,14-15H2,1-2H3,(H2,27,29,30,31)/t16-/m1/s1. The topological polar surface area (TPSA) is 116 Å². The lowest BCUT2D eigenvalue weighted by molar-refractivity contribution is -0.141. The molecule has 2 aliphatic rings. The average molecular weight is 487 g/mol. The molecule has 1 saturated carbocycles. The summed E-state index contributed by atoms with van der Waals surface area (Å²) in [7, 11) is 0. The van der Waals surface area contributed by atoms with E-state index in [1.54, 1.807) is 6.92 Å². The third-order valence-corrected chi connectivity index (χ3v) is 7.24. The Kier molecular flexibility index (Phi) is 5.88. The van der Waals surface area contributed by atoms with Crippen molar-refractivity contribution in [3.05, 3.63) is 47.9 Å². The molecule has 4 aromatic rings. The monoisotopic (exact) mass is 486 g/mol. The number of aryl methyl sites for hydroxylation is 1. The van der Waals surface area contributed by atoms with Crippen molar-refractivity contribution in [1.82, 2.24) is 34.9 Å². The highest BCUT2D eigenvalue weighted by Crippen LogP contribution is 2.29. The second kappa shape index (κ2) is 9.34. The summed E-state index contributed by atoms with van der Waals surface area (Å²) in [5.41, 5.74) is 3.70. The number of imidazole rings is 1. The zero-order valence-electron chi connectivity index (χ0n) is 20.6. The highest BCUT2D eigenvalue weighted by Gasteiger charge is 2.33. The van der Waals surface area contributed by atoms with Crippen LogP contribution in [-0.2, 0) is 11.3 Å². The number of piperazine rings is 1. The molecule has 1 atom stereocenters. The highest BCUT2D eigenvalue weighted by atomic mass is 16.5. The zero-order chi connectivity index (χ0) is 24.6. The van der Waals surface area contributed by atoms with Crippen LogP contribution in [0.3, 0.4) is 0 Å². The molecule has 10 nitrogen and oxygen atoms in total. The molecule has 1 amide bonds. The number of fused-ring (bicyclic) bond motifs is 1. The number of nitrogens with one attached hydrogen (secondary N) is 2. The van der Waals surface area contributed by atoms with E-state index in [1.807, 2.05) is 30.5 Å². The van der Waals surface area contributed by atoms with Crippen molar-refractivity contribution in [3.63, 3.8) is 0 Å². The van der Waals surface area contributed by atoms with Crippen LogP contribution in [0.5, 0.6) is 0 Å². The molecular formula is C26H30N8O2. The molecule has 3 aromatic heterocycles. The molecule has 2 fully saturated rings. The van der Waals surface area contributed by atoms with E-state index in [0.29, 0.717) is 29.6 Å². The van der Waals surface area contributed by atoms with Crippen molar-refractivity contribution < 1.29 is 9.32 Å². The number of H-pyrrole nitrogens is 1. The molecule has 2 N–H and O–H groups in total. The second-order valence-electron chi connectivity index (χ2n) is 9.87. The summed E-state index contributed by atoms with van der Waals surface area (Å²) in [6, 6.07) is 10.2. The van der Waals surface area contributed by atoms with Gasteiger partial charge < -0.3 is 19.7 Å². The number of anilines is 2. The van der Waals surface area contributed by atoms with E-state index in [2.05, 4.69) is 53.2 Å². The van der Waals surface area contributed by atoms with Crippen LogP contribution in [0.4, 0.5) is 11.8 Å². The van der Waals surface area contributed by atoms with Gasteiger partial charge in [0.2, 0.25) is 11.9 Å². The number of rotatable bonds is 6. The number of hydrogen-bond donors (Lipinski definition) is 2. The summed E-state index contributed by atoms with van der Waals surface area (Å²) in [5.74, 6) is 3.05. The van der Waals surface area contributed by atoms with E-state index in [0.717, 1.165) is 61.4 Å². The average Bonchev–Trinajstić information content (AvgIpc) is 3.44. The molecule has 6 rings (SSSR count). The van der Waals surface area contributed by atoms with Gasteiger partial charge >= 0.3 is 0 Å². The molecule has 0 unspecified atom stereocenters. The summed E-state index contributed by atoms with van der Waals surface area (Å²) in [6.07, 6.45) is 5.13. The number of nitrogens with zero attached hydrogens (tertiary/aromatic N) is 6. The fraction of sp³-hybridized carbons (Fsp3) is 0.423. The van der Waals surface area contributed by atoms with Gasteiger partial charge in [-0.15, -0.1) is 0 Å². The van der Waals surface area contributed by atoms with Gasteiger partial charge in [-0.1, -0.05) is 11.6 Å². The minimum absolute atomic E-state index is 0.269. The number of aromatic nitrogens is 5. The fourth-order valence-electron chi connectivity index (χ4n) is 4.96. The van der Waals surface area contributed by atoms with Gasteiger partial charge in [-0.3, -0.25) is 9.69 Å². The normalized spacial score (nSPS) is 18.9. The van der Waals surface area contributed by atoms with Gasteiger partial charge in [-0.25, -0.2) is 9.97 Å². The van der Waals surface area contributed by atoms with Crippen LogP contribution in [0.25, 0.3) is 22.5 Å². The molecular weight excluding hydrogens is 456 g/mol. The first-order chi connectivity index (χ1) is 17.5. The summed E-state index contributed by atoms with van der Waals surface area (Å²) in [6.45, 7) is 7.31. The summed E-state index contributed by atoms with van der Waals surface area (Å²) in [5, 5.41) is 7.15. The second-order valence-corrected chi connectivity index (χ2v) is 9.87. The number of carbonyl (C=O) groups excluding carboxylic acids is 1. The van der Waals surface area contributed by atoms with Crippen LogP contribution >= 0.6 is 0 Å². The number of aromatic amines is 1. The first kappa shape index (κ1) is 22.7. The molecule has 1 aliphatic carbocycles. The Bertz CT molecular complexity index is 1390. The minimum atomic E-state index is 0.269. The minimum Gasteiger partial charge on any atom is -0.340 e. The van der Waals surface area contributed by atoms with E-state index in [1.165, 1.54) is 12.0 Å². The Morgan fingerprint density at radius 1 is 1.19 bits per heavy atom. The van der Waals surface area contributed by atoms with Crippen LogP contribution < -0.4 is 5.32 Å². The van der Waals surface area contributed by atoms with Crippen LogP contribution in [0, 0.1) is 12.8 Å². The van der Waals surface area contributed by atoms with Crippen LogP contribution in [0.15, 0.2) is 41.1 Å². The molecule has 10 heteroatoms. The van der Waals surface area contributed by atoms with Gasteiger partial charge in [0, 0.05) is 49.9 Å². The largest absolute Gasteiger partial charge is 0.340 e. The van der Waals surface area contributed by atoms with Crippen molar-refractivity contribution in [1.29, 1.82) is 0 Å². The molecule has 36 heavy (non-hydrogen) atoms. The molecule has 1 aliphatic heterocycles. The molecule has 186 valence electrons. The molecule has 0 radical (unpaired) electrons. The van der Waals surface area contributed by atoms with Gasteiger partial charge in [0.25, 0.3) is 5.89 Å². The van der Waals surface area contributed by atoms with Gasteiger partial charge in [-0.05, 0) is 62.6 Å². The highest BCUT2D eigenvalue weighted by molar-refractivity contribution is 5.82. The number of benzene rings is 1. The summed E-state index contributed by atoms with van der Waals surface area (Å²) in [4.78, 5) is 33.8.